The normalized spacial score (nSPS) is 35.3. The summed E-state index contributed by atoms with van der Waals surface area (Å²) in [5, 5.41) is 5.87. The Morgan fingerprint density at radius 2 is 2.04 bits per heavy atom. The van der Waals surface area contributed by atoms with Crippen LogP contribution >= 0.6 is 23.8 Å². The highest BCUT2D eigenvalue weighted by Crippen LogP contribution is 2.64. The maximum atomic E-state index is 14.0. The van der Waals surface area contributed by atoms with Crippen LogP contribution in [-0.4, -0.2) is 16.9 Å². The number of allylic oxidation sites excluding steroid dienone is 1. The van der Waals surface area contributed by atoms with Crippen LogP contribution in [0, 0.1) is 16.7 Å². The third-order valence-corrected chi connectivity index (χ3v) is 7.28. The number of benzene rings is 1. The van der Waals surface area contributed by atoms with Crippen molar-refractivity contribution in [1.29, 1.82) is 0 Å². The molecule has 4 atom stereocenters. The Morgan fingerprint density at radius 3 is 2.67 bits per heavy atom. The number of aliphatic imine (C=N–C) groups is 1. The zero-order valence-corrected chi connectivity index (χ0v) is 16.9. The molecule has 1 N–H and O–H groups in total. The van der Waals surface area contributed by atoms with Gasteiger partial charge in [-0.1, -0.05) is 49.7 Å². The molecule has 1 aromatic carbocycles. The van der Waals surface area contributed by atoms with Gasteiger partial charge in [-0.25, -0.2) is 4.99 Å². The number of carbonyl (C=O) groups is 2. The summed E-state index contributed by atoms with van der Waals surface area (Å²) in [6, 6.07) is 5.51. The predicted octanol–water partition coefficient (Wildman–Crippen LogP) is 4.57. The predicted molar refractivity (Wildman–Crippen MR) is 109 cm³/mol. The maximum absolute atomic E-state index is 14.0. The number of hydrogen-bond donors (Lipinski definition) is 1. The molecule has 0 saturated heterocycles. The number of Topliss-reactive ketones (excluding diaryl/α,β-unsaturated/α-hetero) is 1. The first-order valence-electron chi connectivity index (χ1n) is 8.75. The molecular weight excluding hydrogens is 380 g/mol. The molecule has 4 rings (SSSR count). The highest BCUT2D eigenvalue weighted by Gasteiger charge is 2.67. The molecular formula is C21H19ClN2O2S. The highest BCUT2D eigenvalue weighted by molar-refractivity contribution is 7.78. The van der Waals surface area contributed by atoms with E-state index < -0.39 is 28.2 Å². The third kappa shape index (κ3) is 1.90. The molecule has 0 spiro atoms. The summed E-state index contributed by atoms with van der Waals surface area (Å²) in [5.41, 5.74) is -0.947. The van der Waals surface area contributed by atoms with Crippen molar-refractivity contribution in [3.63, 3.8) is 0 Å². The number of ketones is 1. The molecule has 1 heterocycles. The van der Waals surface area contributed by atoms with Gasteiger partial charge in [0.05, 0.1) is 16.5 Å². The van der Waals surface area contributed by atoms with Crippen LogP contribution in [0.25, 0.3) is 0 Å². The minimum absolute atomic E-state index is 0.117. The zero-order valence-electron chi connectivity index (χ0n) is 15.3. The van der Waals surface area contributed by atoms with Gasteiger partial charge in [-0.05, 0) is 41.7 Å². The minimum atomic E-state index is -1.41. The molecule has 2 bridgehead atoms. The van der Waals surface area contributed by atoms with E-state index in [4.69, 9.17) is 23.8 Å². The summed E-state index contributed by atoms with van der Waals surface area (Å²) in [7, 11) is 0. The number of anilines is 1. The topological polar surface area (TPSA) is 58.5 Å². The van der Waals surface area contributed by atoms with Gasteiger partial charge in [0.2, 0.25) is 5.91 Å². The van der Waals surface area contributed by atoms with E-state index >= 15 is 0 Å². The minimum Gasteiger partial charge on any atom is -0.325 e. The smallest absolute Gasteiger partial charge is 0.232 e. The van der Waals surface area contributed by atoms with Crippen molar-refractivity contribution in [2.75, 3.05) is 5.32 Å². The molecule has 0 aromatic heterocycles. The van der Waals surface area contributed by atoms with Gasteiger partial charge in [-0.3, -0.25) is 9.59 Å². The van der Waals surface area contributed by atoms with Gasteiger partial charge in [0.1, 0.15) is 0 Å². The molecule has 1 aliphatic heterocycles. The van der Waals surface area contributed by atoms with Crippen LogP contribution in [0.15, 0.2) is 47.0 Å². The van der Waals surface area contributed by atoms with Crippen molar-refractivity contribution in [3.8, 4) is 0 Å². The Bertz CT molecular complexity index is 1010. The Labute approximate surface area is 168 Å². The Hall–Kier alpha value is -2.07. The fourth-order valence-electron chi connectivity index (χ4n) is 5.09. The first kappa shape index (κ1) is 18.3. The summed E-state index contributed by atoms with van der Waals surface area (Å²) in [6.07, 6.45) is 3.41. The van der Waals surface area contributed by atoms with Crippen LogP contribution < -0.4 is 5.32 Å². The van der Waals surface area contributed by atoms with Gasteiger partial charge in [0.15, 0.2) is 11.3 Å². The Kier molecular flexibility index (Phi) is 3.71. The molecule has 0 radical (unpaired) electrons. The van der Waals surface area contributed by atoms with E-state index in [-0.39, 0.29) is 11.7 Å². The fraction of sp³-hybridized carbons (Fsp3) is 0.381. The van der Waals surface area contributed by atoms with Crippen molar-refractivity contribution in [1.82, 2.24) is 0 Å². The number of thiocarbonyl (C=S) groups is 1. The second-order valence-corrected chi connectivity index (χ2v) is 8.78. The lowest BCUT2D eigenvalue weighted by Gasteiger charge is -2.48. The van der Waals surface area contributed by atoms with E-state index in [1.807, 2.05) is 39.0 Å². The summed E-state index contributed by atoms with van der Waals surface area (Å²) in [6.45, 7) is 9.64. The molecule has 138 valence electrons. The fourth-order valence-corrected chi connectivity index (χ4v) is 5.56. The SMILES string of the molecule is C=C[C@]1(C)C(Cl)=C[C@H]2C(=O)C1(N=C=S)c1cccc3c1[C@H](C(=O)N3)C2(C)C. The van der Waals surface area contributed by atoms with E-state index in [2.05, 4.69) is 22.0 Å². The van der Waals surface area contributed by atoms with E-state index in [1.165, 1.54) is 0 Å². The monoisotopic (exact) mass is 398 g/mol. The number of carbonyl (C=O) groups excluding carboxylic acids is 2. The summed E-state index contributed by atoms with van der Waals surface area (Å²) in [5.74, 6) is -1.34. The third-order valence-electron chi connectivity index (χ3n) is 6.67. The van der Waals surface area contributed by atoms with Gasteiger partial charge in [0.25, 0.3) is 0 Å². The van der Waals surface area contributed by atoms with Crippen LogP contribution in [0.4, 0.5) is 5.69 Å². The van der Waals surface area contributed by atoms with E-state index in [9.17, 15) is 9.59 Å². The number of nitrogens with zero attached hydrogens (tertiary/aromatic N) is 1. The average molecular weight is 399 g/mol. The van der Waals surface area contributed by atoms with Crippen molar-refractivity contribution in [2.45, 2.75) is 32.2 Å². The number of isothiocyanates is 1. The molecule has 1 aromatic rings. The van der Waals surface area contributed by atoms with Crippen LogP contribution in [0.1, 0.15) is 37.8 Å². The summed E-state index contributed by atoms with van der Waals surface area (Å²) < 4.78 is 0. The van der Waals surface area contributed by atoms with Crippen LogP contribution in [0.3, 0.4) is 0 Å². The van der Waals surface area contributed by atoms with Crippen LogP contribution in [0.5, 0.6) is 0 Å². The van der Waals surface area contributed by atoms with Crippen molar-refractivity contribution in [2.24, 2.45) is 21.7 Å². The number of amides is 1. The van der Waals surface area contributed by atoms with E-state index in [0.29, 0.717) is 16.3 Å². The Morgan fingerprint density at radius 1 is 1.33 bits per heavy atom. The van der Waals surface area contributed by atoms with Crippen molar-refractivity contribution >= 4 is 46.4 Å². The zero-order chi connectivity index (χ0) is 19.8. The van der Waals surface area contributed by atoms with Crippen molar-refractivity contribution in [3.05, 3.63) is 53.1 Å². The number of hydrogen-bond acceptors (Lipinski definition) is 4. The van der Waals surface area contributed by atoms with Gasteiger partial charge < -0.3 is 5.32 Å². The molecule has 1 amide bonds. The number of nitrogens with one attached hydrogen (secondary N) is 1. The second kappa shape index (κ2) is 5.48. The lowest BCUT2D eigenvalue weighted by Crippen LogP contribution is -2.54. The number of rotatable bonds is 2. The lowest BCUT2D eigenvalue weighted by molar-refractivity contribution is -0.134. The first-order chi connectivity index (χ1) is 12.7. The molecule has 27 heavy (non-hydrogen) atoms. The molecule has 4 nitrogen and oxygen atoms in total. The lowest BCUT2D eigenvalue weighted by atomic mass is 9.57. The average Bonchev–Trinajstić information content (AvgIpc) is 2.95. The molecule has 0 saturated carbocycles. The molecule has 0 fully saturated rings. The summed E-state index contributed by atoms with van der Waals surface area (Å²) in [4.78, 5) is 31.4. The standard InChI is InChI=1S/C21H19ClN2O2S/c1-5-20(4)14(22)9-12-17(25)21(20,23-10-27)11-7-6-8-13-15(11)16(18(26)24-13)19(12,2)3/h5-9,12,16H,1H2,2-4H3,(H,24,26)/t12-,16+,20+,21?/m0/s1. The number of fused-ring (bicyclic) bond motifs is 3. The molecule has 3 aliphatic rings. The second-order valence-electron chi connectivity index (χ2n) is 8.19. The number of halogens is 1. The van der Waals surface area contributed by atoms with Crippen LogP contribution in [0.2, 0.25) is 0 Å². The van der Waals surface area contributed by atoms with Gasteiger partial charge in [-0.2, -0.15) is 0 Å². The van der Waals surface area contributed by atoms with Gasteiger partial charge in [0, 0.05) is 16.6 Å². The summed E-state index contributed by atoms with van der Waals surface area (Å²) >= 11 is 11.7. The van der Waals surface area contributed by atoms with E-state index in [1.54, 1.807) is 12.2 Å². The maximum Gasteiger partial charge on any atom is 0.232 e. The Balaban J connectivity index is 2.27. The highest BCUT2D eigenvalue weighted by atomic mass is 35.5. The first-order valence-corrected chi connectivity index (χ1v) is 9.54. The van der Waals surface area contributed by atoms with Gasteiger partial charge >= 0.3 is 0 Å². The molecule has 1 unspecified atom stereocenters. The molecule has 6 heteroatoms. The molecule has 2 aliphatic carbocycles. The van der Waals surface area contributed by atoms with E-state index in [0.717, 1.165) is 5.56 Å². The van der Waals surface area contributed by atoms with Crippen LogP contribution in [-0.2, 0) is 15.1 Å². The van der Waals surface area contributed by atoms with Crippen molar-refractivity contribution < 1.29 is 9.59 Å². The van der Waals surface area contributed by atoms with Gasteiger partial charge in [-0.15, -0.1) is 6.58 Å². The quantitative estimate of drug-likeness (QED) is 0.451. The largest absolute Gasteiger partial charge is 0.325 e.